The molecule has 1 aliphatic heterocycles. The number of ether oxygens (including phenoxy) is 1. The first-order chi connectivity index (χ1) is 9.59. The Balaban J connectivity index is 1.82. The first kappa shape index (κ1) is 14.7. The molecular formula is C16H24N2O2. The Morgan fingerprint density at radius 3 is 2.90 bits per heavy atom. The maximum atomic E-state index is 12.2. The third kappa shape index (κ3) is 3.44. The summed E-state index contributed by atoms with van der Waals surface area (Å²) in [6.45, 7) is 5.60. The van der Waals surface area contributed by atoms with Crippen LogP contribution in [0.2, 0.25) is 0 Å². The van der Waals surface area contributed by atoms with Gasteiger partial charge >= 0.3 is 0 Å². The fourth-order valence-corrected chi connectivity index (χ4v) is 2.69. The molecule has 0 bridgehead atoms. The van der Waals surface area contributed by atoms with Gasteiger partial charge in [-0.05, 0) is 37.8 Å². The molecule has 20 heavy (non-hydrogen) atoms. The highest BCUT2D eigenvalue weighted by Crippen LogP contribution is 2.24. The standard InChI is InChI=1S/C16H24N2O2/c1-12-6-5-10-18(13(12)2)16(19)9-11-20-15-8-4-3-7-14(15)17/h3-4,7-8,12-13H,5-6,9-11,17H2,1-2H3. The second kappa shape index (κ2) is 6.64. The summed E-state index contributed by atoms with van der Waals surface area (Å²) in [6, 6.07) is 7.70. The van der Waals surface area contributed by atoms with Crippen molar-refractivity contribution >= 4 is 11.6 Å². The molecule has 0 spiro atoms. The van der Waals surface area contributed by atoms with Crippen molar-refractivity contribution in [1.29, 1.82) is 0 Å². The van der Waals surface area contributed by atoms with Crippen LogP contribution < -0.4 is 10.5 Å². The van der Waals surface area contributed by atoms with Crippen LogP contribution >= 0.6 is 0 Å². The van der Waals surface area contributed by atoms with Gasteiger partial charge in [0.05, 0.1) is 18.7 Å². The molecule has 0 saturated carbocycles. The molecule has 1 heterocycles. The summed E-state index contributed by atoms with van der Waals surface area (Å²) in [5.74, 6) is 1.41. The zero-order valence-electron chi connectivity index (χ0n) is 12.3. The van der Waals surface area contributed by atoms with Crippen molar-refractivity contribution in [3.8, 4) is 5.75 Å². The molecule has 0 aliphatic carbocycles. The number of carbonyl (C=O) groups excluding carboxylic acids is 1. The van der Waals surface area contributed by atoms with E-state index < -0.39 is 0 Å². The molecule has 0 aromatic heterocycles. The lowest BCUT2D eigenvalue weighted by molar-refractivity contribution is -0.136. The summed E-state index contributed by atoms with van der Waals surface area (Å²) in [7, 11) is 0. The highest BCUT2D eigenvalue weighted by atomic mass is 16.5. The fraction of sp³-hybridized carbons (Fsp3) is 0.562. The van der Waals surface area contributed by atoms with Crippen LogP contribution in [0.5, 0.6) is 5.75 Å². The average molecular weight is 276 g/mol. The SMILES string of the molecule is CC1CCCN(C(=O)CCOc2ccccc2N)C1C. The Labute approximate surface area is 120 Å². The van der Waals surface area contributed by atoms with E-state index >= 15 is 0 Å². The van der Waals surface area contributed by atoms with Crippen molar-refractivity contribution in [2.75, 3.05) is 18.9 Å². The number of carbonyl (C=O) groups is 1. The normalized spacial score (nSPS) is 22.6. The Morgan fingerprint density at radius 1 is 1.40 bits per heavy atom. The summed E-state index contributed by atoms with van der Waals surface area (Å²) >= 11 is 0. The van der Waals surface area contributed by atoms with Crippen molar-refractivity contribution in [2.24, 2.45) is 5.92 Å². The fourth-order valence-electron chi connectivity index (χ4n) is 2.69. The Bertz CT molecular complexity index is 462. The summed E-state index contributed by atoms with van der Waals surface area (Å²) in [4.78, 5) is 14.2. The molecule has 2 unspecified atom stereocenters. The van der Waals surface area contributed by atoms with Gasteiger partial charge in [0.1, 0.15) is 5.75 Å². The highest BCUT2D eigenvalue weighted by Gasteiger charge is 2.27. The van der Waals surface area contributed by atoms with E-state index in [9.17, 15) is 4.79 Å². The summed E-state index contributed by atoms with van der Waals surface area (Å²) < 4.78 is 5.59. The zero-order valence-corrected chi connectivity index (χ0v) is 12.3. The van der Waals surface area contributed by atoms with Crippen molar-refractivity contribution < 1.29 is 9.53 Å². The number of likely N-dealkylation sites (tertiary alicyclic amines) is 1. The van der Waals surface area contributed by atoms with Crippen molar-refractivity contribution in [2.45, 2.75) is 39.2 Å². The quantitative estimate of drug-likeness (QED) is 0.860. The smallest absolute Gasteiger partial charge is 0.226 e. The van der Waals surface area contributed by atoms with Gasteiger partial charge in [0.15, 0.2) is 0 Å². The van der Waals surface area contributed by atoms with Gasteiger partial charge in [-0.2, -0.15) is 0 Å². The number of hydrogen-bond acceptors (Lipinski definition) is 3. The van der Waals surface area contributed by atoms with Crippen LogP contribution in [0.1, 0.15) is 33.1 Å². The molecule has 0 radical (unpaired) electrons. The predicted octanol–water partition coefficient (Wildman–Crippen LogP) is 2.68. The van der Waals surface area contributed by atoms with Crippen LogP contribution in [-0.4, -0.2) is 30.0 Å². The molecule has 2 rings (SSSR count). The monoisotopic (exact) mass is 276 g/mol. The molecule has 1 saturated heterocycles. The topological polar surface area (TPSA) is 55.6 Å². The van der Waals surface area contributed by atoms with E-state index in [1.54, 1.807) is 6.07 Å². The molecule has 1 aliphatic rings. The van der Waals surface area contributed by atoms with Crippen LogP contribution in [0, 0.1) is 5.92 Å². The Kier molecular flexibility index (Phi) is 4.88. The molecule has 110 valence electrons. The van der Waals surface area contributed by atoms with Crippen LogP contribution in [-0.2, 0) is 4.79 Å². The number of hydrogen-bond donors (Lipinski definition) is 1. The van der Waals surface area contributed by atoms with E-state index in [0.29, 0.717) is 36.4 Å². The number of nitrogens with two attached hydrogens (primary N) is 1. The Morgan fingerprint density at radius 2 is 2.15 bits per heavy atom. The van der Waals surface area contributed by atoms with Crippen LogP contribution in [0.4, 0.5) is 5.69 Å². The minimum absolute atomic E-state index is 0.179. The minimum atomic E-state index is 0.179. The van der Waals surface area contributed by atoms with E-state index in [1.165, 1.54) is 6.42 Å². The number of benzene rings is 1. The molecule has 1 aromatic rings. The van der Waals surface area contributed by atoms with Crippen molar-refractivity contribution in [3.05, 3.63) is 24.3 Å². The first-order valence-electron chi connectivity index (χ1n) is 7.36. The number of amides is 1. The summed E-state index contributed by atoms with van der Waals surface area (Å²) in [5, 5.41) is 0. The number of rotatable bonds is 4. The van der Waals surface area contributed by atoms with E-state index in [4.69, 9.17) is 10.5 Å². The predicted molar refractivity (Wildman–Crippen MR) is 80.5 cm³/mol. The summed E-state index contributed by atoms with van der Waals surface area (Å²) in [5.41, 5.74) is 6.41. The van der Waals surface area contributed by atoms with Gasteiger partial charge in [-0.25, -0.2) is 0 Å². The molecule has 1 aromatic carbocycles. The van der Waals surface area contributed by atoms with E-state index in [2.05, 4.69) is 13.8 Å². The largest absolute Gasteiger partial charge is 0.491 e. The Hall–Kier alpha value is -1.71. The van der Waals surface area contributed by atoms with Gasteiger partial charge in [0.25, 0.3) is 0 Å². The molecule has 4 heteroatoms. The van der Waals surface area contributed by atoms with Crippen LogP contribution in [0.3, 0.4) is 0 Å². The molecule has 1 amide bonds. The average Bonchev–Trinajstić information content (AvgIpc) is 2.44. The molecule has 2 N–H and O–H groups in total. The molecule has 4 nitrogen and oxygen atoms in total. The summed E-state index contributed by atoms with van der Waals surface area (Å²) in [6.07, 6.45) is 2.72. The second-order valence-electron chi connectivity index (χ2n) is 5.58. The van der Waals surface area contributed by atoms with Gasteiger partial charge in [-0.1, -0.05) is 19.1 Å². The number of para-hydroxylation sites is 2. The number of nitrogens with zero attached hydrogens (tertiary/aromatic N) is 1. The van der Waals surface area contributed by atoms with Crippen LogP contribution in [0.25, 0.3) is 0 Å². The third-order valence-corrected chi connectivity index (χ3v) is 4.19. The maximum Gasteiger partial charge on any atom is 0.226 e. The number of piperidine rings is 1. The third-order valence-electron chi connectivity index (χ3n) is 4.19. The maximum absolute atomic E-state index is 12.2. The van der Waals surface area contributed by atoms with E-state index in [-0.39, 0.29) is 5.91 Å². The lowest BCUT2D eigenvalue weighted by atomic mass is 9.92. The van der Waals surface area contributed by atoms with Crippen molar-refractivity contribution in [3.63, 3.8) is 0 Å². The van der Waals surface area contributed by atoms with Gasteiger partial charge in [-0.15, -0.1) is 0 Å². The number of nitrogen functional groups attached to an aromatic ring is 1. The van der Waals surface area contributed by atoms with Gasteiger partial charge in [-0.3, -0.25) is 4.79 Å². The molecular weight excluding hydrogens is 252 g/mol. The minimum Gasteiger partial charge on any atom is -0.491 e. The zero-order chi connectivity index (χ0) is 14.5. The lowest BCUT2D eigenvalue weighted by Gasteiger charge is -2.38. The first-order valence-corrected chi connectivity index (χ1v) is 7.36. The number of anilines is 1. The highest BCUT2D eigenvalue weighted by molar-refractivity contribution is 5.76. The van der Waals surface area contributed by atoms with Crippen LogP contribution in [0.15, 0.2) is 24.3 Å². The van der Waals surface area contributed by atoms with Gasteiger partial charge in [0.2, 0.25) is 5.91 Å². The van der Waals surface area contributed by atoms with Crippen molar-refractivity contribution in [1.82, 2.24) is 4.90 Å². The molecule has 2 atom stereocenters. The van der Waals surface area contributed by atoms with E-state index in [1.807, 2.05) is 23.1 Å². The lowest BCUT2D eigenvalue weighted by Crippen LogP contribution is -2.46. The van der Waals surface area contributed by atoms with E-state index in [0.717, 1.165) is 13.0 Å². The molecule has 1 fully saturated rings. The van der Waals surface area contributed by atoms with Gasteiger partial charge in [0, 0.05) is 12.6 Å². The van der Waals surface area contributed by atoms with Gasteiger partial charge < -0.3 is 15.4 Å². The second-order valence-corrected chi connectivity index (χ2v) is 5.58.